The molecule has 0 saturated heterocycles. The largest absolute Gasteiger partial charge is 0.343 e. The van der Waals surface area contributed by atoms with E-state index in [4.69, 9.17) is 0 Å². The summed E-state index contributed by atoms with van der Waals surface area (Å²) in [6.45, 7) is 6.06. The zero-order valence-electron chi connectivity index (χ0n) is 12.0. The van der Waals surface area contributed by atoms with Crippen LogP contribution in [0.1, 0.15) is 41.5 Å². The van der Waals surface area contributed by atoms with Gasteiger partial charge in [-0.05, 0) is 24.0 Å². The Morgan fingerprint density at radius 2 is 2.10 bits per heavy atom. The van der Waals surface area contributed by atoms with Gasteiger partial charge in [-0.25, -0.2) is 9.48 Å². The van der Waals surface area contributed by atoms with E-state index in [0.717, 1.165) is 21.5 Å². The van der Waals surface area contributed by atoms with Gasteiger partial charge in [0.05, 0.1) is 0 Å². The van der Waals surface area contributed by atoms with E-state index in [1.807, 2.05) is 25.1 Å². The van der Waals surface area contributed by atoms with E-state index >= 15 is 0 Å². The van der Waals surface area contributed by atoms with Crippen LogP contribution >= 0.6 is 0 Å². The number of anilines is 1. The molecule has 6 heteroatoms. The summed E-state index contributed by atoms with van der Waals surface area (Å²) in [4.78, 5) is 25.9. The van der Waals surface area contributed by atoms with Gasteiger partial charge in [-0.2, -0.15) is 0 Å². The number of carbonyl (C=O) groups is 1. The van der Waals surface area contributed by atoms with Gasteiger partial charge in [0.1, 0.15) is 0 Å². The SMILES string of the molecule is Cc1cccc(C(C)C)c1NC(=O)c1nn(C)c(=O)[nH]1. The third-order valence-electron chi connectivity index (χ3n) is 3.15. The molecular weight excluding hydrogens is 256 g/mol. The van der Waals surface area contributed by atoms with Gasteiger partial charge < -0.3 is 5.32 Å². The molecule has 2 aromatic rings. The molecule has 0 atom stereocenters. The van der Waals surface area contributed by atoms with Crippen LogP contribution in [0, 0.1) is 6.92 Å². The number of hydrogen-bond donors (Lipinski definition) is 2. The molecule has 0 aliphatic carbocycles. The van der Waals surface area contributed by atoms with E-state index in [1.165, 1.54) is 7.05 Å². The van der Waals surface area contributed by atoms with Gasteiger partial charge in [0.15, 0.2) is 0 Å². The highest BCUT2D eigenvalue weighted by atomic mass is 16.2. The second-order valence-electron chi connectivity index (χ2n) is 5.05. The second kappa shape index (κ2) is 5.32. The van der Waals surface area contributed by atoms with E-state index in [-0.39, 0.29) is 11.7 Å². The van der Waals surface area contributed by atoms with Crippen LogP contribution in [0.25, 0.3) is 0 Å². The fourth-order valence-electron chi connectivity index (χ4n) is 2.02. The minimum Gasteiger partial charge on any atom is -0.319 e. The smallest absolute Gasteiger partial charge is 0.319 e. The number of rotatable bonds is 3. The van der Waals surface area contributed by atoms with Crippen molar-refractivity contribution in [1.82, 2.24) is 14.8 Å². The van der Waals surface area contributed by atoms with Crippen molar-refractivity contribution in [1.29, 1.82) is 0 Å². The Bertz CT molecular complexity index is 697. The summed E-state index contributed by atoms with van der Waals surface area (Å²) in [5, 5.41) is 6.68. The van der Waals surface area contributed by atoms with Crippen LogP contribution in [0.2, 0.25) is 0 Å². The first kappa shape index (κ1) is 14.0. The highest BCUT2D eigenvalue weighted by Crippen LogP contribution is 2.27. The van der Waals surface area contributed by atoms with Crippen molar-refractivity contribution in [2.45, 2.75) is 26.7 Å². The molecule has 1 aromatic carbocycles. The van der Waals surface area contributed by atoms with Crippen LogP contribution in [0.5, 0.6) is 0 Å². The van der Waals surface area contributed by atoms with Gasteiger partial charge in [0, 0.05) is 12.7 Å². The van der Waals surface area contributed by atoms with Crippen molar-refractivity contribution in [3.63, 3.8) is 0 Å². The predicted molar refractivity (Wildman–Crippen MR) is 77.0 cm³/mol. The quantitative estimate of drug-likeness (QED) is 0.895. The van der Waals surface area contributed by atoms with Gasteiger partial charge >= 0.3 is 5.69 Å². The van der Waals surface area contributed by atoms with Crippen molar-refractivity contribution < 1.29 is 4.79 Å². The fraction of sp³-hybridized carbons (Fsp3) is 0.357. The van der Waals surface area contributed by atoms with Crippen molar-refractivity contribution >= 4 is 11.6 Å². The Labute approximate surface area is 116 Å². The molecule has 0 spiro atoms. The number of benzene rings is 1. The van der Waals surface area contributed by atoms with E-state index in [1.54, 1.807) is 0 Å². The van der Waals surface area contributed by atoms with Crippen molar-refractivity contribution in [2.24, 2.45) is 7.05 Å². The third kappa shape index (κ3) is 2.64. The second-order valence-corrected chi connectivity index (χ2v) is 5.05. The first-order valence-corrected chi connectivity index (χ1v) is 6.44. The van der Waals surface area contributed by atoms with Crippen LogP contribution < -0.4 is 11.0 Å². The van der Waals surface area contributed by atoms with Gasteiger partial charge in [-0.15, -0.1) is 5.10 Å². The molecule has 106 valence electrons. The van der Waals surface area contributed by atoms with Crippen molar-refractivity contribution in [2.75, 3.05) is 5.32 Å². The Hall–Kier alpha value is -2.37. The number of amides is 1. The summed E-state index contributed by atoms with van der Waals surface area (Å²) in [7, 11) is 1.49. The molecule has 2 rings (SSSR count). The summed E-state index contributed by atoms with van der Waals surface area (Å²) < 4.78 is 1.09. The number of nitrogens with zero attached hydrogens (tertiary/aromatic N) is 2. The molecule has 0 aliphatic rings. The highest BCUT2D eigenvalue weighted by molar-refractivity contribution is 6.02. The third-order valence-corrected chi connectivity index (χ3v) is 3.15. The van der Waals surface area contributed by atoms with E-state index in [0.29, 0.717) is 0 Å². The molecule has 0 aliphatic heterocycles. The molecule has 20 heavy (non-hydrogen) atoms. The number of hydrogen-bond acceptors (Lipinski definition) is 3. The first-order chi connectivity index (χ1) is 9.40. The Morgan fingerprint density at radius 1 is 1.40 bits per heavy atom. The van der Waals surface area contributed by atoms with Gasteiger partial charge in [-0.1, -0.05) is 32.0 Å². The van der Waals surface area contributed by atoms with E-state index in [2.05, 4.69) is 29.2 Å². The lowest BCUT2D eigenvalue weighted by Gasteiger charge is -2.15. The standard InChI is InChI=1S/C14H18N4O2/c1-8(2)10-7-5-6-9(3)11(10)15-13(19)12-16-14(20)18(4)17-12/h5-8H,1-4H3,(H,15,19)(H,16,17,20). The zero-order valence-corrected chi connectivity index (χ0v) is 12.0. The van der Waals surface area contributed by atoms with Gasteiger partial charge in [-0.3, -0.25) is 9.78 Å². The van der Waals surface area contributed by atoms with Gasteiger partial charge in [0.2, 0.25) is 5.82 Å². The maximum atomic E-state index is 12.1. The lowest BCUT2D eigenvalue weighted by molar-refractivity contribution is 0.101. The minimum atomic E-state index is -0.418. The Morgan fingerprint density at radius 3 is 2.65 bits per heavy atom. The number of aromatic amines is 1. The molecule has 0 unspecified atom stereocenters. The number of carbonyl (C=O) groups excluding carboxylic acids is 1. The van der Waals surface area contributed by atoms with Crippen LogP contribution in [-0.4, -0.2) is 20.7 Å². The average molecular weight is 274 g/mol. The van der Waals surface area contributed by atoms with E-state index < -0.39 is 11.6 Å². The number of aromatic nitrogens is 3. The summed E-state index contributed by atoms with van der Waals surface area (Å²) >= 11 is 0. The molecule has 2 N–H and O–H groups in total. The predicted octanol–water partition coefficient (Wildman–Crippen LogP) is 1.79. The number of para-hydroxylation sites is 1. The van der Waals surface area contributed by atoms with Crippen molar-refractivity contribution in [3.05, 3.63) is 45.6 Å². The number of nitrogens with one attached hydrogen (secondary N) is 2. The van der Waals surface area contributed by atoms with E-state index in [9.17, 15) is 9.59 Å². The molecule has 1 amide bonds. The van der Waals surface area contributed by atoms with Crippen molar-refractivity contribution in [3.8, 4) is 0 Å². The number of aryl methyl sites for hydroxylation is 2. The molecule has 0 radical (unpaired) electrons. The maximum Gasteiger partial charge on any atom is 0.343 e. The molecule has 0 saturated carbocycles. The van der Waals surface area contributed by atoms with Crippen LogP contribution in [0.15, 0.2) is 23.0 Å². The molecule has 1 heterocycles. The zero-order chi connectivity index (χ0) is 14.9. The van der Waals surface area contributed by atoms with Crippen LogP contribution in [0.4, 0.5) is 5.69 Å². The van der Waals surface area contributed by atoms with Crippen LogP contribution in [-0.2, 0) is 7.05 Å². The Balaban J connectivity index is 2.35. The monoisotopic (exact) mass is 274 g/mol. The summed E-state index contributed by atoms with van der Waals surface area (Å²) in [6.07, 6.45) is 0. The first-order valence-electron chi connectivity index (χ1n) is 6.44. The fourth-order valence-corrected chi connectivity index (χ4v) is 2.02. The molecule has 6 nitrogen and oxygen atoms in total. The van der Waals surface area contributed by atoms with Gasteiger partial charge in [0.25, 0.3) is 5.91 Å². The summed E-state index contributed by atoms with van der Waals surface area (Å²) in [6, 6.07) is 5.88. The summed E-state index contributed by atoms with van der Waals surface area (Å²) in [5.41, 5.74) is 2.39. The molecular formula is C14H18N4O2. The number of H-pyrrole nitrogens is 1. The lowest BCUT2D eigenvalue weighted by atomic mass is 9.98. The molecule has 0 bridgehead atoms. The molecule has 1 aromatic heterocycles. The normalized spacial score (nSPS) is 10.8. The Kier molecular flexibility index (Phi) is 3.74. The maximum absolute atomic E-state index is 12.1. The topological polar surface area (TPSA) is 79.8 Å². The highest BCUT2D eigenvalue weighted by Gasteiger charge is 2.16. The average Bonchev–Trinajstić information content (AvgIpc) is 2.72. The van der Waals surface area contributed by atoms with Crippen LogP contribution in [0.3, 0.4) is 0 Å². The lowest BCUT2D eigenvalue weighted by Crippen LogP contribution is -2.17. The minimum absolute atomic E-state index is 0.00968. The molecule has 0 fully saturated rings. The summed E-state index contributed by atoms with van der Waals surface area (Å²) in [5.74, 6) is -0.123.